The van der Waals surface area contributed by atoms with Gasteiger partial charge in [-0.2, -0.15) is 5.10 Å². The Bertz CT molecular complexity index is 504. The number of hydrogen-bond donors (Lipinski definition) is 0. The van der Waals surface area contributed by atoms with Crippen LogP contribution in [0.15, 0.2) is 35.7 Å². The first-order valence-electron chi connectivity index (χ1n) is 4.84. The van der Waals surface area contributed by atoms with Crippen molar-refractivity contribution >= 4 is 6.21 Å². The molecule has 1 aromatic carbocycles. The topological polar surface area (TPSA) is 52.3 Å². The minimum Gasteiger partial charge on any atom is -0.497 e. The van der Waals surface area contributed by atoms with Crippen LogP contribution in [0.1, 0.15) is 11.4 Å². The Labute approximate surface area is 93.4 Å². The molecule has 5 heteroatoms. The lowest BCUT2D eigenvalue weighted by Gasteiger charge is -1.99. The summed E-state index contributed by atoms with van der Waals surface area (Å²) in [5.41, 5.74) is 0.965. The second kappa shape index (κ2) is 4.57. The van der Waals surface area contributed by atoms with E-state index in [0.29, 0.717) is 0 Å². The van der Waals surface area contributed by atoms with Gasteiger partial charge in [0.15, 0.2) is 5.82 Å². The molecule has 1 heterocycles. The second-order valence-electron chi connectivity index (χ2n) is 3.24. The van der Waals surface area contributed by atoms with E-state index >= 15 is 0 Å². The zero-order valence-electron chi connectivity index (χ0n) is 9.16. The Balaban J connectivity index is 2.20. The molecule has 5 nitrogen and oxygen atoms in total. The van der Waals surface area contributed by atoms with Crippen molar-refractivity contribution in [2.45, 2.75) is 6.92 Å². The molecule has 0 saturated carbocycles. The molecule has 0 N–H and O–H groups in total. The second-order valence-corrected chi connectivity index (χ2v) is 3.24. The van der Waals surface area contributed by atoms with Crippen LogP contribution in [0.3, 0.4) is 0 Å². The van der Waals surface area contributed by atoms with Gasteiger partial charge >= 0.3 is 0 Å². The van der Waals surface area contributed by atoms with Crippen molar-refractivity contribution in [3.8, 4) is 5.75 Å². The molecule has 0 bridgehead atoms. The first-order valence-corrected chi connectivity index (χ1v) is 4.84. The molecule has 0 aliphatic rings. The number of ether oxygens (including phenoxy) is 1. The fourth-order valence-corrected chi connectivity index (χ4v) is 1.25. The van der Waals surface area contributed by atoms with Crippen LogP contribution in [0.25, 0.3) is 0 Å². The van der Waals surface area contributed by atoms with E-state index in [1.165, 1.54) is 0 Å². The van der Waals surface area contributed by atoms with E-state index in [1.54, 1.807) is 24.3 Å². The lowest BCUT2D eigenvalue weighted by atomic mass is 10.2. The minimum absolute atomic E-state index is 0.749. The van der Waals surface area contributed by atoms with E-state index in [0.717, 1.165) is 17.1 Å². The average Bonchev–Trinajstić information content (AvgIpc) is 2.72. The van der Waals surface area contributed by atoms with Crippen LogP contribution in [0.5, 0.6) is 5.75 Å². The van der Waals surface area contributed by atoms with Crippen molar-refractivity contribution in [2.75, 3.05) is 7.11 Å². The Morgan fingerprint density at radius 1 is 1.44 bits per heavy atom. The summed E-state index contributed by atoms with van der Waals surface area (Å²) in [6.45, 7) is 1.84. The summed E-state index contributed by atoms with van der Waals surface area (Å²) in [6.07, 6.45) is 3.30. The summed E-state index contributed by atoms with van der Waals surface area (Å²) < 4.78 is 6.73. The SMILES string of the molecule is COc1cccc(C=Nn2cnnc2C)c1. The van der Waals surface area contributed by atoms with E-state index in [4.69, 9.17) is 4.74 Å². The Kier molecular flexibility index (Phi) is 2.95. The lowest BCUT2D eigenvalue weighted by molar-refractivity contribution is 0.415. The average molecular weight is 216 g/mol. The minimum atomic E-state index is 0.749. The van der Waals surface area contributed by atoms with Crippen molar-refractivity contribution < 1.29 is 4.74 Å². The molecule has 16 heavy (non-hydrogen) atoms. The molecule has 82 valence electrons. The predicted molar refractivity (Wildman–Crippen MR) is 60.7 cm³/mol. The summed E-state index contributed by atoms with van der Waals surface area (Å²) in [6, 6.07) is 7.66. The zero-order chi connectivity index (χ0) is 11.4. The van der Waals surface area contributed by atoms with Crippen LogP contribution in [0.2, 0.25) is 0 Å². The summed E-state index contributed by atoms with van der Waals surface area (Å²) >= 11 is 0. The van der Waals surface area contributed by atoms with Crippen molar-refractivity contribution in [1.82, 2.24) is 14.9 Å². The highest BCUT2D eigenvalue weighted by Gasteiger charge is 1.95. The van der Waals surface area contributed by atoms with Gasteiger partial charge in [-0.3, -0.25) is 0 Å². The third-order valence-electron chi connectivity index (χ3n) is 2.12. The Hall–Kier alpha value is -2.17. The summed E-state index contributed by atoms with van der Waals surface area (Å²) in [4.78, 5) is 0. The van der Waals surface area contributed by atoms with Crippen molar-refractivity contribution in [3.63, 3.8) is 0 Å². The van der Waals surface area contributed by atoms with Gasteiger partial charge < -0.3 is 4.74 Å². The highest BCUT2D eigenvalue weighted by Crippen LogP contribution is 2.10. The van der Waals surface area contributed by atoms with Gasteiger partial charge in [0.25, 0.3) is 0 Å². The fourth-order valence-electron chi connectivity index (χ4n) is 1.25. The summed E-state index contributed by atoms with van der Waals surface area (Å²) in [7, 11) is 1.64. The number of nitrogens with zero attached hydrogens (tertiary/aromatic N) is 4. The normalized spacial score (nSPS) is 10.9. The smallest absolute Gasteiger partial charge is 0.151 e. The van der Waals surface area contributed by atoms with Crippen molar-refractivity contribution in [2.24, 2.45) is 5.10 Å². The number of rotatable bonds is 3. The number of hydrogen-bond acceptors (Lipinski definition) is 4. The van der Waals surface area contributed by atoms with E-state index < -0.39 is 0 Å². The number of methoxy groups -OCH3 is 1. The highest BCUT2D eigenvalue weighted by atomic mass is 16.5. The van der Waals surface area contributed by atoms with E-state index in [-0.39, 0.29) is 0 Å². The fraction of sp³-hybridized carbons (Fsp3) is 0.182. The van der Waals surface area contributed by atoms with Gasteiger partial charge in [-0.25, -0.2) is 4.68 Å². The maximum atomic E-state index is 5.12. The van der Waals surface area contributed by atoms with Crippen LogP contribution < -0.4 is 4.74 Å². The molecule has 0 spiro atoms. The third kappa shape index (κ3) is 2.25. The summed E-state index contributed by atoms with van der Waals surface area (Å²) in [5, 5.41) is 11.8. The standard InChI is InChI=1S/C11H12N4O/c1-9-14-12-8-15(9)13-7-10-4-3-5-11(6-10)16-2/h3-8H,1-2H3. The van der Waals surface area contributed by atoms with Crippen LogP contribution in [-0.2, 0) is 0 Å². The molecule has 0 atom stereocenters. The van der Waals surface area contributed by atoms with E-state index in [1.807, 2.05) is 31.2 Å². The first-order chi connectivity index (χ1) is 7.79. The molecule has 1 aromatic heterocycles. The van der Waals surface area contributed by atoms with Crippen LogP contribution in [0.4, 0.5) is 0 Å². The molecular formula is C11H12N4O. The first kappa shape index (κ1) is 10.4. The monoisotopic (exact) mass is 216 g/mol. The van der Waals surface area contributed by atoms with E-state index in [2.05, 4.69) is 15.3 Å². The zero-order valence-corrected chi connectivity index (χ0v) is 9.16. The molecule has 0 amide bonds. The van der Waals surface area contributed by atoms with Gasteiger partial charge in [-0.15, -0.1) is 10.2 Å². The highest BCUT2D eigenvalue weighted by molar-refractivity contribution is 5.80. The quantitative estimate of drug-likeness (QED) is 0.730. The molecule has 0 aliphatic heterocycles. The van der Waals surface area contributed by atoms with Gasteiger partial charge in [0.05, 0.1) is 13.3 Å². The van der Waals surface area contributed by atoms with Crippen molar-refractivity contribution in [1.29, 1.82) is 0 Å². The molecule has 0 unspecified atom stereocenters. The molecule has 0 radical (unpaired) electrons. The van der Waals surface area contributed by atoms with Gasteiger partial charge in [-0.1, -0.05) is 12.1 Å². The lowest BCUT2D eigenvalue weighted by Crippen LogP contribution is -1.92. The molecule has 2 aromatic rings. The van der Waals surface area contributed by atoms with Crippen LogP contribution in [0, 0.1) is 6.92 Å². The van der Waals surface area contributed by atoms with Gasteiger partial charge in [0.2, 0.25) is 0 Å². The van der Waals surface area contributed by atoms with Crippen LogP contribution in [-0.4, -0.2) is 28.2 Å². The molecule has 0 aliphatic carbocycles. The molecule has 0 saturated heterocycles. The van der Waals surface area contributed by atoms with Crippen LogP contribution >= 0.6 is 0 Å². The predicted octanol–water partition coefficient (Wildman–Crippen LogP) is 1.48. The molecular weight excluding hydrogens is 204 g/mol. The summed E-state index contributed by atoms with van der Waals surface area (Å²) in [5.74, 6) is 1.56. The number of benzene rings is 1. The molecule has 2 rings (SSSR count). The number of aromatic nitrogens is 3. The molecule has 0 fully saturated rings. The van der Waals surface area contributed by atoms with Crippen molar-refractivity contribution in [3.05, 3.63) is 42.0 Å². The third-order valence-corrected chi connectivity index (χ3v) is 2.12. The van der Waals surface area contributed by atoms with Gasteiger partial charge in [-0.05, 0) is 24.6 Å². The Morgan fingerprint density at radius 2 is 2.31 bits per heavy atom. The largest absolute Gasteiger partial charge is 0.497 e. The maximum absolute atomic E-state index is 5.12. The van der Waals surface area contributed by atoms with Gasteiger partial charge in [0, 0.05) is 0 Å². The van der Waals surface area contributed by atoms with E-state index in [9.17, 15) is 0 Å². The van der Waals surface area contributed by atoms with Gasteiger partial charge in [0.1, 0.15) is 12.1 Å². The number of aryl methyl sites for hydroxylation is 1. The Morgan fingerprint density at radius 3 is 3.00 bits per heavy atom. The maximum Gasteiger partial charge on any atom is 0.151 e.